The highest BCUT2D eigenvalue weighted by molar-refractivity contribution is 5.71. The minimum Gasteiger partial charge on any atom is -0.497 e. The summed E-state index contributed by atoms with van der Waals surface area (Å²) < 4.78 is 5.09. The Morgan fingerprint density at radius 3 is 2.35 bits per heavy atom. The first-order valence-corrected chi connectivity index (χ1v) is 5.07. The molecule has 0 spiro atoms. The number of carbonyl (C=O) groups excluding carboxylic acids is 1. The van der Waals surface area contributed by atoms with Gasteiger partial charge in [0.15, 0.2) is 0 Å². The molecule has 2 aromatic rings. The third-order valence-corrected chi connectivity index (χ3v) is 2.37. The van der Waals surface area contributed by atoms with E-state index in [0.29, 0.717) is 5.82 Å². The van der Waals surface area contributed by atoms with Crippen molar-refractivity contribution in [3.05, 3.63) is 42.6 Å². The van der Waals surface area contributed by atoms with Crippen molar-refractivity contribution in [1.29, 1.82) is 0 Å². The number of benzene rings is 1. The molecule has 0 unspecified atom stereocenters. The fraction of sp³-hybridized carbons (Fsp3) is 0.0769. The third kappa shape index (κ3) is 2.60. The predicted molar refractivity (Wildman–Crippen MR) is 65.5 cm³/mol. The van der Waals surface area contributed by atoms with E-state index in [1.54, 1.807) is 25.8 Å². The first-order chi connectivity index (χ1) is 8.33. The van der Waals surface area contributed by atoms with Crippen LogP contribution in [-0.2, 0) is 4.79 Å². The summed E-state index contributed by atoms with van der Waals surface area (Å²) in [6.07, 6.45) is 3.28. The van der Waals surface area contributed by atoms with Gasteiger partial charge in [-0.25, -0.2) is 4.98 Å². The molecule has 0 aliphatic carbocycles. The van der Waals surface area contributed by atoms with Gasteiger partial charge in [-0.2, -0.15) is 0 Å². The predicted octanol–water partition coefficient (Wildman–Crippen LogP) is 2.24. The van der Waals surface area contributed by atoms with E-state index in [0.717, 1.165) is 16.9 Å². The molecule has 0 aliphatic heterocycles. The molecule has 2 rings (SSSR count). The molecule has 1 heterocycles. The molecule has 0 saturated carbocycles. The quantitative estimate of drug-likeness (QED) is 0.815. The number of aromatic nitrogens is 1. The Balaban J connectivity index is 2.23. The molecule has 0 saturated heterocycles. The fourth-order valence-corrected chi connectivity index (χ4v) is 1.47. The summed E-state index contributed by atoms with van der Waals surface area (Å²) in [5.74, 6) is 1.30. The van der Waals surface area contributed by atoms with Crippen LogP contribution in [0.15, 0.2) is 42.6 Å². The highest BCUT2D eigenvalue weighted by Gasteiger charge is 1.99. The van der Waals surface area contributed by atoms with Crippen molar-refractivity contribution in [3.8, 4) is 16.9 Å². The van der Waals surface area contributed by atoms with Gasteiger partial charge in [0, 0.05) is 11.8 Å². The van der Waals surface area contributed by atoms with Crippen LogP contribution in [0.1, 0.15) is 0 Å². The van der Waals surface area contributed by atoms with E-state index in [4.69, 9.17) is 4.74 Å². The smallest absolute Gasteiger partial charge is 0.315 e. The van der Waals surface area contributed by atoms with Crippen molar-refractivity contribution in [2.24, 2.45) is 0 Å². The van der Waals surface area contributed by atoms with Gasteiger partial charge in [0.2, 0.25) is 0 Å². The molecule has 1 aromatic carbocycles. The maximum atomic E-state index is 10.1. The van der Waals surface area contributed by atoms with Crippen LogP contribution in [0.5, 0.6) is 5.75 Å². The van der Waals surface area contributed by atoms with Crippen LogP contribution < -0.4 is 10.1 Å². The number of nitrogens with one attached hydrogen (secondary N) is 1. The average molecular weight is 227 g/mol. The Morgan fingerprint density at radius 2 is 1.82 bits per heavy atom. The number of amides is 1. The molecule has 0 aliphatic rings. The van der Waals surface area contributed by atoms with E-state index in [-0.39, 0.29) is 0 Å². The standard InChI is InChI=1S/C13H11N2O2/c1-17-12-5-2-10(3-6-12)11-4-7-13(14-8-11)15-9-16/h2-8H,1H3,(H,14,15,16). The molecular formula is C13H11N2O2. The summed E-state index contributed by atoms with van der Waals surface area (Å²) in [5.41, 5.74) is 2.02. The Labute approximate surface area is 99.3 Å². The molecule has 4 nitrogen and oxygen atoms in total. The molecule has 0 fully saturated rings. The lowest BCUT2D eigenvalue weighted by atomic mass is 10.1. The maximum absolute atomic E-state index is 10.1. The van der Waals surface area contributed by atoms with E-state index >= 15 is 0 Å². The van der Waals surface area contributed by atoms with Crippen molar-refractivity contribution < 1.29 is 9.53 Å². The number of hydrogen-bond acceptors (Lipinski definition) is 3. The largest absolute Gasteiger partial charge is 0.497 e. The lowest BCUT2D eigenvalue weighted by Gasteiger charge is -2.04. The van der Waals surface area contributed by atoms with Gasteiger partial charge < -0.3 is 10.1 Å². The second-order valence-electron chi connectivity index (χ2n) is 3.39. The summed E-state index contributed by atoms with van der Waals surface area (Å²) in [7, 11) is 1.63. The average Bonchev–Trinajstić information content (AvgIpc) is 2.40. The fourth-order valence-electron chi connectivity index (χ4n) is 1.47. The second kappa shape index (κ2) is 5.12. The van der Waals surface area contributed by atoms with Crippen molar-refractivity contribution in [2.75, 3.05) is 12.4 Å². The number of pyridine rings is 1. The van der Waals surface area contributed by atoms with Crippen LogP contribution in [0, 0.1) is 0 Å². The SMILES string of the molecule is COc1ccc(-c2ccc(N[C]=O)nc2)cc1. The molecule has 1 radical (unpaired) electrons. The van der Waals surface area contributed by atoms with Gasteiger partial charge in [0.05, 0.1) is 7.11 Å². The number of nitrogens with zero attached hydrogens (tertiary/aromatic N) is 1. The molecule has 1 aromatic heterocycles. The lowest BCUT2D eigenvalue weighted by Crippen LogP contribution is -1.95. The van der Waals surface area contributed by atoms with E-state index in [1.165, 1.54) is 0 Å². The van der Waals surface area contributed by atoms with Crippen LogP contribution in [0.4, 0.5) is 5.82 Å². The Bertz CT molecular complexity index is 492. The van der Waals surface area contributed by atoms with Crippen molar-refractivity contribution in [1.82, 2.24) is 4.98 Å². The molecule has 1 amide bonds. The van der Waals surface area contributed by atoms with E-state index in [9.17, 15) is 4.79 Å². The van der Waals surface area contributed by atoms with Gasteiger partial charge in [-0.3, -0.25) is 4.79 Å². The van der Waals surface area contributed by atoms with Crippen LogP contribution in [0.25, 0.3) is 11.1 Å². The number of methoxy groups -OCH3 is 1. The minimum absolute atomic E-state index is 0.484. The summed E-state index contributed by atoms with van der Waals surface area (Å²) in [6.45, 7) is 0. The van der Waals surface area contributed by atoms with Crippen LogP contribution in [0.2, 0.25) is 0 Å². The van der Waals surface area contributed by atoms with Crippen LogP contribution in [0.3, 0.4) is 0 Å². The van der Waals surface area contributed by atoms with Crippen molar-refractivity contribution >= 4 is 12.2 Å². The number of ether oxygens (including phenoxy) is 1. The Hall–Kier alpha value is -2.36. The first kappa shape index (κ1) is 11.1. The van der Waals surface area contributed by atoms with Gasteiger partial charge >= 0.3 is 6.41 Å². The Kier molecular flexibility index (Phi) is 3.35. The topological polar surface area (TPSA) is 51.2 Å². The molecule has 4 heteroatoms. The van der Waals surface area contributed by atoms with Gasteiger partial charge in [0.25, 0.3) is 0 Å². The van der Waals surface area contributed by atoms with Crippen molar-refractivity contribution in [3.63, 3.8) is 0 Å². The number of anilines is 1. The van der Waals surface area contributed by atoms with Crippen LogP contribution >= 0.6 is 0 Å². The molecule has 0 bridgehead atoms. The van der Waals surface area contributed by atoms with Gasteiger partial charge in [0.1, 0.15) is 11.6 Å². The van der Waals surface area contributed by atoms with Crippen molar-refractivity contribution in [2.45, 2.75) is 0 Å². The lowest BCUT2D eigenvalue weighted by molar-refractivity contribution is 0.415. The Morgan fingerprint density at radius 1 is 1.12 bits per heavy atom. The zero-order valence-electron chi connectivity index (χ0n) is 9.31. The summed E-state index contributed by atoms with van der Waals surface area (Å²) >= 11 is 0. The number of rotatable bonds is 4. The summed E-state index contributed by atoms with van der Waals surface area (Å²) in [5, 5.41) is 2.37. The van der Waals surface area contributed by atoms with E-state index in [1.807, 2.05) is 30.3 Å². The molecule has 17 heavy (non-hydrogen) atoms. The van der Waals surface area contributed by atoms with Gasteiger partial charge in [-0.1, -0.05) is 12.1 Å². The second-order valence-corrected chi connectivity index (χ2v) is 3.39. The van der Waals surface area contributed by atoms with E-state index < -0.39 is 0 Å². The van der Waals surface area contributed by atoms with Gasteiger partial charge in [-0.05, 0) is 29.8 Å². The summed E-state index contributed by atoms with van der Waals surface area (Å²) in [6, 6.07) is 11.3. The number of hydrogen-bond donors (Lipinski definition) is 1. The molecular weight excluding hydrogens is 216 g/mol. The first-order valence-electron chi connectivity index (χ1n) is 5.07. The van der Waals surface area contributed by atoms with E-state index in [2.05, 4.69) is 10.3 Å². The maximum Gasteiger partial charge on any atom is 0.315 e. The highest BCUT2D eigenvalue weighted by Crippen LogP contribution is 2.22. The normalized spacial score (nSPS) is 9.71. The highest BCUT2D eigenvalue weighted by atomic mass is 16.5. The van der Waals surface area contributed by atoms with Crippen LogP contribution in [-0.4, -0.2) is 18.5 Å². The molecule has 85 valence electrons. The summed E-state index contributed by atoms with van der Waals surface area (Å²) in [4.78, 5) is 14.2. The molecule has 0 atom stereocenters. The minimum atomic E-state index is 0.484. The third-order valence-electron chi connectivity index (χ3n) is 2.37. The zero-order valence-corrected chi connectivity index (χ0v) is 9.31. The molecule has 1 N–H and O–H groups in total. The van der Waals surface area contributed by atoms with Gasteiger partial charge in [-0.15, -0.1) is 0 Å². The monoisotopic (exact) mass is 227 g/mol. The zero-order chi connectivity index (χ0) is 12.1.